The van der Waals surface area contributed by atoms with Crippen LogP contribution in [-0.4, -0.2) is 61.1 Å². The molecule has 2 N–H and O–H groups in total. The van der Waals surface area contributed by atoms with Crippen LogP contribution in [0.5, 0.6) is 0 Å². The van der Waals surface area contributed by atoms with Crippen molar-refractivity contribution in [3.8, 4) is 0 Å². The molecule has 1 saturated heterocycles. The number of carbonyl (C=O) groups excluding carboxylic acids is 2. The summed E-state index contributed by atoms with van der Waals surface area (Å²) < 4.78 is 5.65. The van der Waals surface area contributed by atoms with Gasteiger partial charge in [0.1, 0.15) is 6.10 Å². The lowest BCUT2D eigenvalue weighted by molar-refractivity contribution is -0.139. The lowest BCUT2D eigenvalue weighted by Gasteiger charge is -2.36. The van der Waals surface area contributed by atoms with Gasteiger partial charge in [-0.05, 0) is 45.1 Å². The van der Waals surface area contributed by atoms with Crippen molar-refractivity contribution in [2.75, 3.05) is 26.2 Å². The summed E-state index contributed by atoms with van der Waals surface area (Å²) in [7, 11) is 0. The highest BCUT2D eigenvalue weighted by molar-refractivity contribution is 5.82. The third-order valence-electron chi connectivity index (χ3n) is 6.80. The van der Waals surface area contributed by atoms with E-state index in [-0.39, 0.29) is 35.4 Å². The Labute approximate surface area is 163 Å². The van der Waals surface area contributed by atoms with E-state index < -0.39 is 0 Å². The number of nitrogens with one attached hydrogen (secondary N) is 2. The largest absolute Gasteiger partial charge is 0.366 e. The minimum atomic E-state index is -0.345. The summed E-state index contributed by atoms with van der Waals surface area (Å²) in [6.45, 7) is 7.41. The maximum atomic E-state index is 12.7. The number of hydrogen-bond acceptors (Lipinski definition) is 4. The minimum absolute atomic E-state index is 0.0235. The van der Waals surface area contributed by atoms with E-state index in [0.29, 0.717) is 13.2 Å². The van der Waals surface area contributed by atoms with Crippen LogP contribution in [0.15, 0.2) is 0 Å². The Balaban J connectivity index is 1.39. The van der Waals surface area contributed by atoms with E-state index >= 15 is 0 Å². The first-order valence-corrected chi connectivity index (χ1v) is 11.0. The average Bonchev–Trinajstić information content (AvgIpc) is 2.70. The molecule has 0 bridgehead atoms. The molecule has 2 saturated carbocycles. The highest BCUT2D eigenvalue weighted by atomic mass is 16.5. The van der Waals surface area contributed by atoms with E-state index in [2.05, 4.69) is 29.4 Å². The molecule has 0 aromatic heterocycles. The summed E-state index contributed by atoms with van der Waals surface area (Å²) >= 11 is 0. The molecule has 1 unspecified atom stereocenters. The predicted molar refractivity (Wildman–Crippen MR) is 105 cm³/mol. The smallest absolute Gasteiger partial charge is 0.250 e. The molecule has 0 aromatic carbocycles. The van der Waals surface area contributed by atoms with Crippen LogP contribution in [0.3, 0.4) is 0 Å². The van der Waals surface area contributed by atoms with Crippen molar-refractivity contribution < 1.29 is 14.3 Å². The standard InChI is InChI=1S/C21H37N3O3/c1-3-24-13-14-27-18(15-24)19(25)22-16-7-9-17(10-8-16)23-20(26)21(2)11-5-4-6-12-21/h16-18H,3-15H2,1-2H3,(H,22,25)(H,23,26). The van der Waals surface area contributed by atoms with Crippen LogP contribution in [-0.2, 0) is 14.3 Å². The van der Waals surface area contributed by atoms with Crippen LogP contribution in [0.2, 0.25) is 0 Å². The molecule has 3 fully saturated rings. The van der Waals surface area contributed by atoms with Crippen LogP contribution >= 0.6 is 0 Å². The molecule has 27 heavy (non-hydrogen) atoms. The number of morpholine rings is 1. The van der Waals surface area contributed by atoms with Crippen molar-refractivity contribution in [1.29, 1.82) is 0 Å². The molecule has 3 rings (SSSR count). The van der Waals surface area contributed by atoms with Crippen LogP contribution in [0.4, 0.5) is 0 Å². The maximum Gasteiger partial charge on any atom is 0.250 e. The van der Waals surface area contributed by atoms with Crippen molar-refractivity contribution in [3.63, 3.8) is 0 Å². The molecule has 0 aromatic rings. The van der Waals surface area contributed by atoms with E-state index in [1.807, 2.05) is 0 Å². The van der Waals surface area contributed by atoms with Gasteiger partial charge in [-0.3, -0.25) is 14.5 Å². The molecule has 6 nitrogen and oxygen atoms in total. The van der Waals surface area contributed by atoms with Gasteiger partial charge in [0, 0.05) is 30.6 Å². The van der Waals surface area contributed by atoms with Gasteiger partial charge in [0.15, 0.2) is 0 Å². The normalized spacial score (nSPS) is 31.9. The highest BCUT2D eigenvalue weighted by Crippen LogP contribution is 2.36. The first-order chi connectivity index (χ1) is 13.0. The minimum Gasteiger partial charge on any atom is -0.366 e. The van der Waals surface area contributed by atoms with Gasteiger partial charge in [-0.25, -0.2) is 0 Å². The molecule has 0 spiro atoms. The maximum absolute atomic E-state index is 12.7. The lowest BCUT2D eigenvalue weighted by Crippen LogP contribution is -2.53. The van der Waals surface area contributed by atoms with Crippen molar-refractivity contribution >= 4 is 11.8 Å². The molecule has 2 aliphatic carbocycles. The van der Waals surface area contributed by atoms with E-state index in [1.165, 1.54) is 19.3 Å². The van der Waals surface area contributed by atoms with Gasteiger partial charge >= 0.3 is 0 Å². The summed E-state index contributed by atoms with van der Waals surface area (Å²) in [5.74, 6) is 0.264. The highest BCUT2D eigenvalue weighted by Gasteiger charge is 2.36. The zero-order valence-corrected chi connectivity index (χ0v) is 17.1. The van der Waals surface area contributed by atoms with E-state index in [9.17, 15) is 9.59 Å². The summed E-state index contributed by atoms with van der Waals surface area (Å²) in [5.41, 5.74) is -0.174. The van der Waals surface area contributed by atoms with Crippen molar-refractivity contribution in [2.45, 2.75) is 89.8 Å². The van der Waals surface area contributed by atoms with Crippen molar-refractivity contribution in [3.05, 3.63) is 0 Å². The first kappa shape index (κ1) is 20.6. The van der Waals surface area contributed by atoms with Gasteiger partial charge in [-0.1, -0.05) is 33.1 Å². The molecule has 1 aliphatic heterocycles. The van der Waals surface area contributed by atoms with Crippen molar-refractivity contribution in [2.24, 2.45) is 5.41 Å². The quantitative estimate of drug-likeness (QED) is 0.768. The second-order valence-corrected chi connectivity index (χ2v) is 8.90. The Hall–Kier alpha value is -1.14. The van der Waals surface area contributed by atoms with Gasteiger partial charge in [0.25, 0.3) is 5.91 Å². The molecule has 1 heterocycles. The van der Waals surface area contributed by atoms with E-state index in [0.717, 1.165) is 51.6 Å². The Morgan fingerprint density at radius 1 is 1.04 bits per heavy atom. The number of amides is 2. The summed E-state index contributed by atoms with van der Waals surface area (Å²) in [5, 5.41) is 6.47. The Bertz CT molecular complexity index is 511. The zero-order valence-electron chi connectivity index (χ0n) is 17.1. The van der Waals surface area contributed by atoms with Gasteiger partial charge in [0.05, 0.1) is 6.61 Å². The van der Waals surface area contributed by atoms with E-state index in [4.69, 9.17) is 4.74 Å². The fraction of sp³-hybridized carbons (Fsp3) is 0.905. The van der Waals surface area contributed by atoms with Gasteiger partial charge in [0.2, 0.25) is 5.91 Å². The fourth-order valence-electron chi connectivity index (χ4n) is 4.74. The zero-order chi connectivity index (χ0) is 19.3. The predicted octanol–water partition coefficient (Wildman–Crippen LogP) is 2.22. The molecule has 1 atom stereocenters. The van der Waals surface area contributed by atoms with Crippen LogP contribution in [0.1, 0.15) is 71.6 Å². The van der Waals surface area contributed by atoms with Crippen molar-refractivity contribution in [1.82, 2.24) is 15.5 Å². The fourth-order valence-corrected chi connectivity index (χ4v) is 4.74. The van der Waals surface area contributed by atoms with Crippen LogP contribution in [0, 0.1) is 5.41 Å². The number of ether oxygens (including phenoxy) is 1. The molecule has 6 heteroatoms. The number of nitrogens with zero attached hydrogens (tertiary/aromatic N) is 1. The topological polar surface area (TPSA) is 70.7 Å². The number of likely N-dealkylation sites (N-methyl/N-ethyl adjacent to an activating group) is 1. The monoisotopic (exact) mass is 379 g/mol. The molecule has 0 radical (unpaired) electrons. The summed E-state index contributed by atoms with van der Waals surface area (Å²) in [4.78, 5) is 27.5. The second-order valence-electron chi connectivity index (χ2n) is 8.90. The SMILES string of the molecule is CCN1CCOC(C(=O)NC2CCC(NC(=O)C3(C)CCCCC3)CC2)C1. The summed E-state index contributed by atoms with van der Waals surface area (Å²) in [6, 6.07) is 0.461. The first-order valence-electron chi connectivity index (χ1n) is 11.0. The number of carbonyl (C=O) groups is 2. The number of rotatable bonds is 5. The molecule has 2 amide bonds. The third kappa shape index (κ3) is 5.44. The summed E-state index contributed by atoms with van der Waals surface area (Å²) in [6.07, 6.45) is 9.02. The van der Waals surface area contributed by atoms with Gasteiger partial charge in [-0.2, -0.15) is 0 Å². The Morgan fingerprint density at radius 3 is 2.30 bits per heavy atom. The molecule has 3 aliphatic rings. The molecular formula is C21H37N3O3. The molecular weight excluding hydrogens is 342 g/mol. The Kier molecular flexibility index (Phi) is 7.15. The van der Waals surface area contributed by atoms with Gasteiger partial charge in [-0.15, -0.1) is 0 Å². The number of hydrogen-bond donors (Lipinski definition) is 2. The second kappa shape index (κ2) is 9.37. The lowest BCUT2D eigenvalue weighted by atomic mass is 9.74. The molecule has 154 valence electrons. The van der Waals surface area contributed by atoms with Gasteiger partial charge < -0.3 is 15.4 Å². The average molecular weight is 380 g/mol. The third-order valence-corrected chi connectivity index (χ3v) is 6.80. The van der Waals surface area contributed by atoms with Crippen LogP contribution < -0.4 is 10.6 Å². The Morgan fingerprint density at radius 2 is 1.67 bits per heavy atom. The van der Waals surface area contributed by atoms with E-state index in [1.54, 1.807) is 0 Å². The van der Waals surface area contributed by atoms with Crippen LogP contribution in [0.25, 0.3) is 0 Å².